The molecule has 0 fully saturated rings. The maximum atomic E-state index is 12.1. The quantitative estimate of drug-likeness (QED) is 0.536. The van der Waals surface area contributed by atoms with Crippen molar-refractivity contribution in [3.05, 3.63) is 17.6 Å². The zero-order chi connectivity index (χ0) is 15.2. The number of methoxy groups -OCH3 is 1. The Morgan fingerprint density at radius 1 is 1.35 bits per heavy atom. The van der Waals surface area contributed by atoms with Gasteiger partial charge in [-0.15, -0.1) is 0 Å². The van der Waals surface area contributed by atoms with Crippen LogP contribution in [0, 0.1) is 0 Å². The molecule has 0 aliphatic rings. The second kappa shape index (κ2) is 7.41. The molecule has 0 saturated carbocycles. The SMILES string of the molecule is CCNCCNS(=O)(=O)c1cc(C(=O)OC)oc1CC. The summed E-state index contributed by atoms with van der Waals surface area (Å²) in [5, 5.41) is 3.01. The van der Waals surface area contributed by atoms with Gasteiger partial charge in [0.1, 0.15) is 10.7 Å². The summed E-state index contributed by atoms with van der Waals surface area (Å²) < 4.78 is 36.5. The first-order valence-corrected chi connectivity index (χ1v) is 7.86. The van der Waals surface area contributed by atoms with Gasteiger partial charge in [-0.1, -0.05) is 13.8 Å². The Morgan fingerprint density at radius 3 is 2.60 bits per heavy atom. The first kappa shape index (κ1) is 16.7. The second-order valence-corrected chi connectivity index (χ2v) is 5.73. The van der Waals surface area contributed by atoms with Crippen molar-refractivity contribution < 1.29 is 22.4 Å². The van der Waals surface area contributed by atoms with Crippen molar-refractivity contribution in [1.82, 2.24) is 10.0 Å². The van der Waals surface area contributed by atoms with Crippen LogP contribution in [0.3, 0.4) is 0 Å². The highest BCUT2D eigenvalue weighted by Crippen LogP contribution is 2.21. The molecule has 7 nitrogen and oxygen atoms in total. The predicted molar refractivity (Wildman–Crippen MR) is 73.2 cm³/mol. The van der Waals surface area contributed by atoms with Gasteiger partial charge in [-0.2, -0.15) is 0 Å². The molecule has 0 aromatic carbocycles. The minimum atomic E-state index is -3.70. The van der Waals surface area contributed by atoms with Crippen molar-refractivity contribution >= 4 is 16.0 Å². The van der Waals surface area contributed by atoms with Crippen molar-refractivity contribution in [2.75, 3.05) is 26.7 Å². The predicted octanol–water partition coefficient (Wildman–Crippen LogP) is 0.516. The molecular formula is C12H20N2O5S. The van der Waals surface area contributed by atoms with Gasteiger partial charge in [0.25, 0.3) is 0 Å². The van der Waals surface area contributed by atoms with Crippen molar-refractivity contribution in [2.24, 2.45) is 0 Å². The van der Waals surface area contributed by atoms with E-state index in [1.807, 2.05) is 6.92 Å². The van der Waals surface area contributed by atoms with Gasteiger partial charge < -0.3 is 14.5 Å². The van der Waals surface area contributed by atoms with Gasteiger partial charge in [0.05, 0.1) is 7.11 Å². The van der Waals surface area contributed by atoms with E-state index in [-0.39, 0.29) is 23.0 Å². The fourth-order valence-electron chi connectivity index (χ4n) is 1.62. The monoisotopic (exact) mass is 304 g/mol. The number of nitrogens with one attached hydrogen (secondary N) is 2. The molecule has 0 bridgehead atoms. The largest absolute Gasteiger partial charge is 0.463 e. The zero-order valence-corrected chi connectivity index (χ0v) is 12.7. The van der Waals surface area contributed by atoms with Crippen LogP contribution in [0.5, 0.6) is 0 Å². The Labute approximate surface area is 118 Å². The van der Waals surface area contributed by atoms with Crippen molar-refractivity contribution in [3.63, 3.8) is 0 Å². The Kier molecular flexibility index (Phi) is 6.18. The lowest BCUT2D eigenvalue weighted by Crippen LogP contribution is -2.32. The van der Waals surface area contributed by atoms with Gasteiger partial charge in [-0.05, 0) is 6.54 Å². The van der Waals surface area contributed by atoms with Crippen LogP contribution in [0.25, 0.3) is 0 Å². The molecule has 0 saturated heterocycles. The second-order valence-electron chi connectivity index (χ2n) is 3.99. The van der Waals surface area contributed by atoms with Crippen LogP contribution in [0.1, 0.15) is 30.2 Å². The fraction of sp³-hybridized carbons (Fsp3) is 0.583. The maximum absolute atomic E-state index is 12.1. The normalized spacial score (nSPS) is 11.6. The van der Waals surface area contributed by atoms with Crippen LogP contribution in [0.15, 0.2) is 15.4 Å². The average Bonchev–Trinajstić information content (AvgIpc) is 2.88. The van der Waals surface area contributed by atoms with E-state index in [9.17, 15) is 13.2 Å². The van der Waals surface area contributed by atoms with Crippen molar-refractivity contribution in [1.29, 1.82) is 0 Å². The zero-order valence-electron chi connectivity index (χ0n) is 11.9. The number of sulfonamides is 1. The summed E-state index contributed by atoms with van der Waals surface area (Å²) in [5.74, 6) is -0.577. The smallest absolute Gasteiger partial charge is 0.373 e. The van der Waals surface area contributed by atoms with Gasteiger partial charge in [0.15, 0.2) is 0 Å². The number of furan rings is 1. The number of carbonyl (C=O) groups excluding carboxylic acids is 1. The van der Waals surface area contributed by atoms with Crippen LogP contribution in [-0.2, 0) is 21.2 Å². The molecule has 1 aromatic heterocycles. The summed E-state index contributed by atoms with van der Waals surface area (Å²) in [6, 6.07) is 1.19. The maximum Gasteiger partial charge on any atom is 0.373 e. The Hall–Kier alpha value is -1.38. The molecule has 0 aliphatic carbocycles. The average molecular weight is 304 g/mol. The number of likely N-dealkylation sites (N-methyl/N-ethyl adjacent to an activating group) is 1. The molecule has 0 atom stereocenters. The highest BCUT2D eigenvalue weighted by Gasteiger charge is 2.25. The molecular weight excluding hydrogens is 284 g/mol. The summed E-state index contributed by atoms with van der Waals surface area (Å²) in [6.07, 6.45) is 0.362. The van der Waals surface area contributed by atoms with Gasteiger partial charge in [0, 0.05) is 25.6 Å². The van der Waals surface area contributed by atoms with E-state index in [0.29, 0.717) is 13.0 Å². The number of esters is 1. The topological polar surface area (TPSA) is 97.6 Å². The molecule has 1 aromatic rings. The fourth-order valence-corrected chi connectivity index (χ4v) is 2.89. The molecule has 0 spiro atoms. The molecule has 114 valence electrons. The summed E-state index contributed by atoms with van der Waals surface area (Å²) in [5.41, 5.74) is 0. The summed E-state index contributed by atoms with van der Waals surface area (Å²) >= 11 is 0. The molecule has 20 heavy (non-hydrogen) atoms. The van der Waals surface area contributed by atoms with Crippen molar-refractivity contribution in [3.8, 4) is 0 Å². The highest BCUT2D eigenvalue weighted by atomic mass is 32.2. The Balaban J connectivity index is 2.93. The molecule has 2 N–H and O–H groups in total. The highest BCUT2D eigenvalue weighted by molar-refractivity contribution is 7.89. The number of aryl methyl sites for hydroxylation is 1. The van der Waals surface area contributed by atoms with Crippen LogP contribution < -0.4 is 10.0 Å². The van der Waals surface area contributed by atoms with E-state index >= 15 is 0 Å². The lowest BCUT2D eigenvalue weighted by Gasteiger charge is -2.06. The standard InChI is InChI=1S/C12H20N2O5S/c1-4-9-11(8-10(19-9)12(15)18-3)20(16,17)14-7-6-13-5-2/h8,13-14H,4-7H2,1-3H3. The summed E-state index contributed by atoms with van der Waals surface area (Å²) in [7, 11) is -2.49. The first-order chi connectivity index (χ1) is 9.46. The van der Waals surface area contributed by atoms with E-state index < -0.39 is 16.0 Å². The number of carbonyl (C=O) groups is 1. The molecule has 0 aliphatic heterocycles. The van der Waals surface area contributed by atoms with Gasteiger partial charge in [-0.25, -0.2) is 17.9 Å². The molecule has 0 unspecified atom stereocenters. The number of rotatable bonds is 8. The molecule has 1 heterocycles. The van der Waals surface area contributed by atoms with Crippen molar-refractivity contribution in [2.45, 2.75) is 25.2 Å². The Morgan fingerprint density at radius 2 is 2.05 bits per heavy atom. The van der Waals surface area contributed by atoms with E-state index in [1.54, 1.807) is 6.92 Å². The van der Waals surface area contributed by atoms with Crippen LogP contribution in [-0.4, -0.2) is 41.1 Å². The molecule has 8 heteroatoms. The Bertz CT molecular complexity index is 550. The number of hydrogen-bond acceptors (Lipinski definition) is 6. The van der Waals surface area contributed by atoms with Crippen LogP contribution >= 0.6 is 0 Å². The van der Waals surface area contributed by atoms with E-state index in [1.165, 1.54) is 13.2 Å². The van der Waals surface area contributed by atoms with E-state index in [4.69, 9.17) is 4.42 Å². The first-order valence-electron chi connectivity index (χ1n) is 6.37. The summed E-state index contributed by atoms with van der Waals surface area (Å²) in [6.45, 7) is 5.23. The lowest BCUT2D eigenvalue weighted by atomic mass is 10.3. The third-order valence-electron chi connectivity index (χ3n) is 2.61. The number of hydrogen-bond donors (Lipinski definition) is 2. The minimum absolute atomic E-state index is 0.0168. The molecule has 0 radical (unpaired) electrons. The lowest BCUT2D eigenvalue weighted by molar-refractivity contribution is 0.0563. The van der Waals surface area contributed by atoms with Crippen LogP contribution in [0.4, 0.5) is 0 Å². The third-order valence-corrected chi connectivity index (χ3v) is 4.12. The molecule has 0 amide bonds. The van der Waals surface area contributed by atoms with E-state index in [0.717, 1.165) is 6.54 Å². The third kappa shape index (κ3) is 4.06. The minimum Gasteiger partial charge on any atom is -0.463 e. The van der Waals surface area contributed by atoms with Gasteiger partial charge in [0.2, 0.25) is 15.8 Å². The number of ether oxygens (including phenoxy) is 1. The van der Waals surface area contributed by atoms with Crippen LogP contribution in [0.2, 0.25) is 0 Å². The summed E-state index contributed by atoms with van der Waals surface area (Å²) in [4.78, 5) is 11.4. The van der Waals surface area contributed by atoms with Gasteiger partial charge in [-0.3, -0.25) is 0 Å². The van der Waals surface area contributed by atoms with E-state index in [2.05, 4.69) is 14.8 Å². The molecule has 1 rings (SSSR count). The van der Waals surface area contributed by atoms with Gasteiger partial charge >= 0.3 is 5.97 Å².